The van der Waals surface area contributed by atoms with Crippen molar-refractivity contribution in [3.8, 4) is 6.07 Å². The van der Waals surface area contributed by atoms with Crippen molar-refractivity contribution in [1.82, 2.24) is 0 Å². The Bertz CT molecular complexity index is 866. The molecule has 0 aromatic carbocycles. The molecule has 7 unspecified atom stereocenters. The van der Waals surface area contributed by atoms with Crippen LogP contribution in [0.5, 0.6) is 0 Å². The van der Waals surface area contributed by atoms with Crippen LogP contribution in [0.2, 0.25) is 0 Å². The average molecular weight is 477 g/mol. The van der Waals surface area contributed by atoms with Gasteiger partial charge in [0, 0.05) is 28.0 Å². The number of allylic oxidation sites excluding steroid dienone is 2. The highest BCUT2D eigenvalue weighted by molar-refractivity contribution is 8.00. The molecule has 7 heteroatoms. The van der Waals surface area contributed by atoms with Crippen LogP contribution < -0.4 is 5.73 Å². The van der Waals surface area contributed by atoms with Crippen LogP contribution >= 0.6 is 23.4 Å². The number of rotatable bonds is 3. The van der Waals surface area contributed by atoms with Crippen LogP contribution in [-0.2, 0) is 14.3 Å². The molecule has 7 atom stereocenters. The molecule has 1 saturated heterocycles. The van der Waals surface area contributed by atoms with Gasteiger partial charge in [-0.1, -0.05) is 30.9 Å². The summed E-state index contributed by atoms with van der Waals surface area (Å²) in [5.41, 5.74) is 7.57. The predicted octanol–water partition coefficient (Wildman–Crippen LogP) is 5.54. The van der Waals surface area contributed by atoms with Gasteiger partial charge in [0.1, 0.15) is 18.3 Å². The average Bonchev–Trinajstić information content (AvgIpc) is 3.17. The monoisotopic (exact) mass is 476 g/mol. The summed E-state index contributed by atoms with van der Waals surface area (Å²) in [6.07, 6.45) is 12.2. The first-order valence-corrected chi connectivity index (χ1v) is 13.7. The maximum absolute atomic E-state index is 13.1. The second-order valence-electron chi connectivity index (χ2n) is 10.1. The molecule has 32 heavy (non-hydrogen) atoms. The largest absolute Gasteiger partial charge is 0.474 e. The Kier molecular flexibility index (Phi) is 6.67. The Morgan fingerprint density at radius 1 is 1.06 bits per heavy atom. The molecule has 0 bridgehead atoms. The Labute approximate surface area is 200 Å². The number of ether oxygens (including phenoxy) is 2. The summed E-state index contributed by atoms with van der Waals surface area (Å²) in [6, 6.07) is 2.38. The lowest BCUT2D eigenvalue weighted by atomic mass is 9.69. The van der Waals surface area contributed by atoms with Crippen molar-refractivity contribution >= 4 is 29.3 Å². The third-order valence-corrected chi connectivity index (χ3v) is 10.5. The van der Waals surface area contributed by atoms with Crippen molar-refractivity contribution in [3.05, 3.63) is 22.1 Å². The lowest BCUT2D eigenvalue weighted by Gasteiger charge is -2.43. The fraction of sp³-hybridized carbons (Fsp3) is 0.760. The second kappa shape index (κ2) is 9.50. The first-order chi connectivity index (χ1) is 15.6. The van der Waals surface area contributed by atoms with E-state index in [1.165, 1.54) is 25.7 Å². The highest BCUT2D eigenvalue weighted by atomic mass is 35.5. The fourth-order valence-electron chi connectivity index (χ4n) is 6.74. The molecule has 0 spiro atoms. The summed E-state index contributed by atoms with van der Waals surface area (Å²) in [6.45, 7) is 0. The van der Waals surface area contributed by atoms with E-state index >= 15 is 0 Å². The van der Waals surface area contributed by atoms with Gasteiger partial charge in [-0.05, 0) is 57.8 Å². The van der Waals surface area contributed by atoms with Crippen LogP contribution in [0.25, 0.3) is 0 Å². The van der Waals surface area contributed by atoms with Gasteiger partial charge in [0.25, 0.3) is 0 Å². The Morgan fingerprint density at radius 2 is 1.78 bits per heavy atom. The number of thioether (sulfide) groups is 1. The van der Waals surface area contributed by atoms with Gasteiger partial charge in [0.2, 0.25) is 0 Å². The molecule has 5 rings (SSSR count). The van der Waals surface area contributed by atoms with Crippen LogP contribution in [0.15, 0.2) is 22.1 Å². The molecule has 3 fully saturated rings. The molecule has 0 radical (unpaired) electrons. The Balaban J connectivity index is 1.42. The minimum Gasteiger partial charge on any atom is -0.474 e. The van der Waals surface area contributed by atoms with Crippen molar-refractivity contribution in [3.63, 3.8) is 0 Å². The number of halogens is 1. The number of nitriles is 1. The Hall–Kier alpha value is -1.32. The van der Waals surface area contributed by atoms with Crippen LogP contribution in [0.3, 0.4) is 0 Å². The van der Waals surface area contributed by atoms with Crippen LogP contribution in [-0.4, -0.2) is 28.7 Å². The van der Waals surface area contributed by atoms with Gasteiger partial charge in [-0.25, -0.2) is 4.79 Å². The zero-order valence-electron chi connectivity index (χ0n) is 18.6. The number of esters is 1. The molecule has 0 aromatic heterocycles. The zero-order valence-corrected chi connectivity index (χ0v) is 20.1. The molecule has 2 saturated carbocycles. The summed E-state index contributed by atoms with van der Waals surface area (Å²) >= 11 is 8.39. The van der Waals surface area contributed by atoms with E-state index in [4.69, 9.17) is 26.8 Å². The maximum atomic E-state index is 13.1. The van der Waals surface area contributed by atoms with E-state index in [9.17, 15) is 10.1 Å². The summed E-state index contributed by atoms with van der Waals surface area (Å²) in [4.78, 5) is 13.1. The highest BCUT2D eigenvalue weighted by Gasteiger charge is 2.56. The number of fused-ring (bicyclic) bond motifs is 3. The molecule has 174 valence electrons. The van der Waals surface area contributed by atoms with E-state index in [1.807, 2.05) is 11.8 Å². The summed E-state index contributed by atoms with van der Waals surface area (Å²) in [7, 11) is 0. The van der Waals surface area contributed by atoms with E-state index in [0.717, 1.165) is 44.9 Å². The summed E-state index contributed by atoms with van der Waals surface area (Å²) < 4.78 is 12.4. The molecule has 0 aromatic rings. The minimum atomic E-state index is -0.251. The molecule has 3 aliphatic carbocycles. The maximum Gasteiger partial charge on any atom is 0.335 e. The Morgan fingerprint density at radius 3 is 2.56 bits per heavy atom. The first kappa shape index (κ1) is 22.5. The van der Waals surface area contributed by atoms with E-state index in [2.05, 4.69) is 6.07 Å². The number of hydrogen-bond acceptors (Lipinski definition) is 6. The van der Waals surface area contributed by atoms with Gasteiger partial charge in [-0.3, -0.25) is 0 Å². The normalized spacial score (nSPS) is 39.6. The van der Waals surface area contributed by atoms with Gasteiger partial charge >= 0.3 is 5.97 Å². The van der Waals surface area contributed by atoms with Crippen LogP contribution in [0.1, 0.15) is 77.0 Å². The van der Waals surface area contributed by atoms with E-state index in [1.54, 1.807) is 0 Å². The van der Waals surface area contributed by atoms with Crippen molar-refractivity contribution in [2.24, 2.45) is 23.5 Å². The zero-order chi connectivity index (χ0) is 22.2. The molecule has 2 heterocycles. The van der Waals surface area contributed by atoms with Crippen molar-refractivity contribution in [2.75, 3.05) is 0 Å². The highest BCUT2D eigenvalue weighted by Crippen LogP contribution is 2.56. The number of hydrogen-bond donors (Lipinski definition) is 1. The smallest absolute Gasteiger partial charge is 0.335 e. The second-order valence-corrected chi connectivity index (χ2v) is 11.9. The lowest BCUT2D eigenvalue weighted by molar-refractivity contribution is -0.150. The summed E-state index contributed by atoms with van der Waals surface area (Å²) in [5, 5.41) is 11.5. The van der Waals surface area contributed by atoms with Crippen LogP contribution in [0.4, 0.5) is 0 Å². The minimum absolute atomic E-state index is 0.0109. The standard InChI is InChI=1S/C25H33ClN2O3S/c26-18-10-4-1-7-14(18)25(29)30-19-11-5-2-8-15(19)21-17(13-27)24(28)31-22-16-9-3-6-12-20(16)32-23(21)22/h15-16,19-23H,1-12,28H2. The molecule has 2 aliphatic heterocycles. The molecular weight excluding hydrogens is 444 g/mol. The van der Waals surface area contributed by atoms with Gasteiger partial charge in [0.05, 0.1) is 16.4 Å². The van der Waals surface area contributed by atoms with Crippen molar-refractivity contribution in [1.29, 1.82) is 5.26 Å². The summed E-state index contributed by atoms with van der Waals surface area (Å²) in [5.74, 6) is 0.657. The number of carbonyl (C=O) groups excluding carboxylic acids is 1. The molecule has 0 amide bonds. The van der Waals surface area contributed by atoms with Crippen molar-refractivity contribution in [2.45, 2.75) is 99.8 Å². The third-order valence-electron chi connectivity index (χ3n) is 8.29. The molecule has 2 N–H and O–H groups in total. The molecule has 5 nitrogen and oxygen atoms in total. The van der Waals surface area contributed by atoms with Gasteiger partial charge in [0.15, 0.2) is 5.88 Å². The fourth-order valence-corrected chi connectivity index (χ4v) is 9.16. The van der Waals surface area contributed by atoms with E-state index in [-0.39, 0.29) is 35.3 Å². The lowest BCUT2D eigenvalue weighted by Crippen LogP contribution is -2.48. The van der Waals surface area contributed by atoms with Crippen LogP contribution in [0, 0.1) is 29.1 Å². The third kappa shape index (κ3) is 4.05. The SMILES string of the molecule is N#CC1=C(N)OC2C3CCCCC3SC2C1C1CCCCC1OC(=O)C1=C(Cl)CCCC1. The van der Waals surface area contributed by atoms with Gasteiger partial charge in [-0.15, -0.1) is 0 Å². The number of nitrogens with zero attached hydrogens (tertiary/aromatic N) is 1. The predicted molar refractivity (Wildman–Crippen MR) is 125 cm³/mol. The van der Waals surface area contributed by atoms with E-state index in [0.29, 0.717) is 39.7 Å². The topological polar surface area (TPSA) is 85.3 Å². The number of carbonyl (C=O) groups is 1. The van der Waals surface area contributed by atoms with Gasteiger partial charge < -0.3 is 15.2 Å². The first-order valence-electron chi connectivity index (χ1n) is 12.4. The van der Waals surface area contributed by atoms with Gasteiger partial charge in [-0.2, -0.15) is 17.0 Å². The number of nitrogens with two attached hydrogens (primary N) is 1. The quantitative estimate of drug-likeness (QED) is 0.538. The molecule has 5 aliphatic rings. The van der Waals surface area contributed by atoms with Crippen molar-refractivity contribution < 1.29 is 14.3 Å². The van der Waals surface area contributed by atoms with E-state index < -0.39 is 0 Å². The molecular formula is C25H33ClN2O3S.